The van der Waals surface area contributed by atoms with Gasteiger partial charge in [-0.15, -0.1) is 0 Å². The number of nitrogens with two attached hydrogens (primary N) is 1. The molecule has 0 radical (unpaired) electrons. The van der Waals surface area contributed by atoms with E-state index in [4.69, 9.17) is 5.73 Å². The SMILES string of the molecule is CCC(N)c1c(C)nn(CCC(F)(F)F)c1C. The molecule has 0 aromatic carbocycles. The Morgan fingerprint density at radius 3 is 2.41 bits per heavy atom. The highest BCUT2D eigenvalue weighted by Crippen LogP contribution is 2.24. The van der Waals surface area contributed by atoms with Gasteiger partial charge in [-0.1, -0.05) is 6.92 Å². The summed E-state index contributed by atoms with van der Waals surface area (Å²) in [7, 11) is 0. The second-order valence-corrected chi connectivity index (χ2v) is 4.19. The summed E-state index contributed by atoms with van der Waals surface area (Å²) in [5.74, 6) is 0. The van der Waals surface area contributed by atoms with E-state index in [2.05, 4.69) is 5.10 Å². The van der Waals surface area contributed by atoms with Gasteiger partial charge in [-0.05, 0) is 20.3 Å². The van der Waals surface area contributed by atoms with Crippen molar-refractivity contribution < 1.29 is 13.2 Å². The minimum atomic E-state index is -4.15. The summed E-state index contributed by atoms with van der Waals surface area (Å²) in [4.78, 5) is 0. The molecule has 17 heavy (non-hydrogen) atoms. The van der Waals surface area contributed by atoms with Gasteiger partial charge >= 0.3 is 6.18 Å². The Morgan fingerprint density at radius 2 is 1.94 bits per heavy atom. The Morgan fingerprint density at radius 1 is 1.35 bits per heavy atom. The van der Waals surface area contributed by atoms with Crippen LogP contribution in [0.25, 0.3) is 0 Å². The summed E-state index contributed by atoms with van der Waals surface area (Å²) >= 11 is 0. The zero-order valence-electron chi connectivity index (χ0n) is 10.3. The standard InChI is InChI=1S/C11H18F3N3/c1-4-9(15)10-7(2)16-17(8(10)3)6-5-11(12,13)14/h9H,4-6,15H2,1-3H3. The molecule has 98 valence electrons. The molecule has 3 nitrogen and oxygen atoms in total. The molecule has 1 rings (SSSR count). The molecule has 1 heterocycles. The van der Waals surface area contributed by atoms with Crippen LogP contribution in [0.1, 0.15) is 42.8 Å². The molecule has 0 bridgehead atoms. The van der Waals surface area contributed by atoms with Gasteiger partial charge < -0.3 is 5.73 Å². The van der Waals surface area contributed by atoms with E-state index < -0.39 is 12.6 Å². The molecule has 1 unspecified atom stereocenters. The highest BCUT2D eigenvalue weighted by Gasteiger charge is 2.27. The zero-order chi connectivity index (χ0) is 13.2. The molecule has 0 saturated carbocycles. The molecule has 0 saturated heterocycles. The molecule has 0 aliphatic heterocycles. The van der Waals surface area contributed by atoms with Crippen LogP contribution in [0.4, 0.5) is 13.2 Å². The lowest BCUT2D eigenvalue weighted by Crippen LogP contribution is -2.15. The summed E-state index contributed by atoms with van der Waals surface area (Å²) in [5.41, 5.74) is 8.24. The molecule has 1 aromatic rings. The number of aryl methyl sites for hydroxylation is 2. The predicted molar refractivity (Wildman–Crippen MR) is 59.6 cm³/mol. The van der Waals surface area contributed by atoms with Crippen LogP contribution in [-0.4, -0.2) is 16.0 Å². The van der Waals surface area contributed by atoms with E-state index in [9.17, 15) is 13.2 Å². The van der Waals surface area contributed by atoms with E-state index >= 15 is 0 Å². The van der Waals surface area contributed by atoms with Gasteiger partial charge in [-0.3, -0.25) is 4.68 Å². The van der Waals surface area contributed by atoms with Crippen molar-refractivity contribution in [1.29, 1.82) is 0 Å². The van der Waals surface area contributed by atoms with E-state index in [1.54, 1.807) is 13.8 Å². The maximum Gasteiger partial charge on any atom is 0.390 e. The van der Waals surface area contributed by atoms with Gasteiger partial charge in [-0.2, -0.15) is 18.3 Å². The van der Waals surface area contributed by atoms with Crippen LogP contribution in [0.2, 0.25) is 0 Å². The number of aromatic nitrogens is 2. The van der Waals surface area contributed by atoms with E-state index in [-0.39, 0.29) is 12.6 Å². The van der Waals surface area contributed by atoms with Gasteiger partial charge in [0, 0.05) is 23.8 Å². The first-order valence-electron chi connectivity index (χ1n) is 5.62. The van der Waals surface area contributed by atoms with Crippen molar-refractivity contribution in [3.8, 4) is 0 Å². The molecular weight excluding hydrogens is 231 g/mol. The van der Waals surface area contributed by atoms with E-state index in [0.29, 0.717) is 0 Å². The molecule has 2 N–H and O–H groups in total. The summed E-state index contributed by atoms with van der Waals surface area (Å²) < 4.78 is 37.8. The summed E-state index contributed by atoms with van der Waals surface area (Å²) in [5, 5.41) is 4.12. The first-order chi connectivity index (χ1) is 7.76. The molecule has 1 aromatic heterocycles. The average Bonchev–Trinajstić information content (AvgIpc) is 2.49. The summed E-state index contributed by atoms with van der Waals surface area (Å²) in [6.07, 6.45) is -4.28. The molecule has 0 aliphatic rings. The minimum absolute atomic E-state index is 0.146. The number of hydrogen-bond donors (Lipinski definition) is 1. The first kappa shape index (κ1) is 14.0. The molecule has 1 atom stereocenters. The lowest BCUT2D eigenvalue weighted by molar-refractivity contribution is -0.137. The second-order valence-electron chi connectivity index (χ2n) is 4.19. The predicted octanol–water partition coefficient (Wildman–Crippen LogP) is 2.86. The third kappa shape index (κ3) is 3.46. The van der Waals surface area contributed by atoms with Crippen LogP contribution >= 0.6 is 0 Å². The molecule has 0 amide bonds. The summed E-state index contributed by atoms with van der Waals surface area (Å²) in [6, 6.07) is -0.158. The van der Waals surface area contributed by atoms with Gasteiger partial charge in [0.15, 0.2) is 0 Å². The number of halogens is 3. The van der Waals surface area contributed by atoms with Crippen molar-refractivity contribution in [2.75, 3.05) is 0 Å². The van der Waals surface area contributed by atoms with Gasteiger partial charge in [0.05, 0.1) is 12.1 Å². The highest BCUT2D eigenvalue weighted by atomic mass is 19.4. The van der Waals surface area contributed by atoms with Crippen molar-refractivity contribution in [2.45, 2.75) is 52.4 Å². The molecular formula is C11H18F3N3. The monoisotopic (exact) mass is 249 g/mol. The molecule has 0 aliphatic carbocycles. The Labute approximate surface area is 98.8 Å². The number of hydrogen-bond acceptors (Lipinski definition) is 2. The number of rotatable bonds is 4. The highest BCUT2D eigenvalue weighted by molar-refractivity contribution is 5.27. The van der Waals surface area contributed by atoms with E-state index in [0.717, 1.165) is 23.4 Å². The van der Waals surface area contributed by atoms with E-state index in [1.165, 1.54) is 4.68 Å². The van der Waals surface area contributed by atoms with Crippen molar-refractivity contribution in [2.24, 2.45) is 5.73 Å². The smallest absolute Gasteiger partial charge is 0.324 e. The Balaban J connectivity index is 2.89. The normalized spacial score (nSPS) is 14.1. The fourth-order valence-corrected chi connectivity index (χ4v) is 1.90. The fourth-order valence-electron chi connectivity index (χ4n) is 1.90. The number of nitrogens with zero attached hydrogens (tertiary/aromatic N) is 2. The van der Waals surface area contributed by atoms with Crippen molar-refractivity contribution in [1.82, 2.24) is 9.78 Å². The van der Waals surface area contributed by atoms with Gasteiger partial charge in [-0.25, -0.2) is 0 Å². The minimum Gasteiger partial charge on any atom is -0.324 e. The molecule has 0 fully saturated rings. The molecule has 6 heteroatoms. The van der Waals surface area contributed by atoms with Crippen molar-refractivity contribution in [3.63, 3.8) is 0 Å². The van der Waals surface area contributed by atoms with Crippen LogP contribution < -0.4 is 5.73 Å². The van der Waals surface area contributed by atoms with Crippen LogP contribution in [-0.2, 0) is 6.54 Å². The zero-order valence-corrected chi connectivity index (χ0v) is 10.3. The second kappa shape index (κ2) is 5.08. The number of alkyl halides is 3. The lowest BCUT2D eigenvalue weighted by Gasteiger charge is -2.11. The van der Waals surface area contributed by atoms with Gasteiger partial charge in [0.2, 0.25) is 0 Å². The average molecular weight is 249 g/mol. The van der Waals surface area contributed by atoms with Crippen LogP contribution in [0.5, 0.6) is 0 Å². The Bertz CT molecular complexity index is 382. The van der Waals surface area contributed by atoms with Crippen LogP contribution in [0.3, 0.4) is 0 Å². The third-order valence-electron chi connectivity index (χ3n) is 2.86. The Kier molecular flexibility index (Phi) is 4.19. The molecule has 0 spiro atoms. The van der Waals surface area contributed by atoms with Gasteiger partial charge in [0.25, 0.3) is 0 Å². The fraction of sp³-hybridized carbons (Fsp3) is 0.727. The summed E-state index contributed by atoms with van der Waals surface area (Å²) in [6.45, 7) is 5.34. The quantitative estimate of drug-likeness (QED) is 0.891. The van der Waals surface area contributed by atoms with Crippen molar-refractivity contribution >= 4 is 0 Å². The topological polar surface area (TPSA) is 43.8 Å². The van der Waals surface area contributed by atoms with Crippen LogP contribution in [0, 0.1) is 13.8 Å². The first-order valence-corrected chi connectivity index (χ1v) is 5.62. The van der Waals surface area contributed by atoms with Crippen molar-refractivity contribution in [3.05, 3.63) is 17.0 Å². The van der Waals surface area contributed by atoms with Crippen LogP contribution in [0.15, 0.2) is 0 Å². The Hall–Kier alpha value is -1.04. The van der Waals surface area contributed by atoms with Gasteiger partial charge in [0.1, 0.15) is 0 Å². The lowest BCUT2D eigenvalue weighted by atomic mass is 10.0. The van der Waals surface area contributed by atoms with E-state index in [1.807, 2.05) is 6.92 Å². The maximum absolute atomic E-state index is 12.1. The largest absolute Gasteiger partial charge is 0.390 e. The third-order valence-corrected chi connectivity index (χ3v) is 2.86. The maximum atomic E-state index is 12.1.